The lowest BCUT2D eigenvalue weighted by Crippen LogP contribution is -1.96. The molecule has 110 valence electrons. The third-order valence-electron chi connectivity index (χ3n) is 3.23. The zero-order valence-corrected chi connectivity index (χ0v) is 12.6. The number of hydrogen-bond donors (Lipinski definition) is 0. The number of hydrogen-bond acceptors (Lipinski definition) is 3. The van der Waals surface area contributed by atoms with Crippen LogP contribution >= 0.6 is 0 Å². The van der Waals surface area contributed by atoms with Crippen LogP contribution in [0.15, 0.2) is 48.5 Å². The minimum Gasteiger partial charge on any atom is -0.496 e. The third kappa shape index (κ3) is 3.78. The first-order valence-electron chi connectivity index (χ1n) is 6.79. The smallest absolute Gasteiger partial charge is 0.164 e. The maximum absolute atomic E-state index is 5.42. The summed E-state index contributed by atoms with van der Waals surface area (Å²) in [5.41, 5.74) is 2.24. The molecule has 3 nitrogen and oxygen atoms in total. The molecule has 2 aromatic rings. The number of allylic oxidation sites excluding steroid dienone is 1. The highest BCUT2D eigenvalue weighted by Crippen LogP contribution is 2.34. The van der Waals surface area contributed by atoms with E-state index in [0.717, 1.165) is 17.7 Å². The van der Waals surface area contributed by atoms with E-state index in [1.807, 2.05) is 30.3 Å². The van der Waals surface area contributed by atoms with Crippen LogP contribution in [-0.2, 0) is 6.42 Å². The summed E-state index contributed by atoms with van der Waals surface area (Å²) >= 11 is 0. The molecule has 0 unspecified atom stereocenters. The van der Waals surface area contributed by atoms with Crippen molar-refractivity contribution >= 4 is 6.08 Å². The largest absolute Gasteiger partial charge is 0.496 e. The molecule has 0 fully saturated rings. The van der Waals surface area contributed by atoms with Gasteiger partial charge in [-0.05, 0) is 18.1 Å². The van der Waals surface area contributed by atoms with Gasteiger partial charge in [0.25, 0.3) is 0 Å². The summed E-state index contributed by atoms with van der Waals surface area (Å²) in [6.45, 7) is 0. The van der Waals surface area contributed by atoms with Gasteiger partial charge in [0.2, 0.25) is 0 Å². The molecule has 0 aliphatic rings. The third-order valence-corrected chi connectivity index (χ3v) is 3.23. The molecule has 0 spiro atoms. The van der Waals surface area contributed by atoms with Crippen LogP contribution in [0.3, 0.4) is 0 Å². The van der Waals surface area contributed by atoms with E-state index in [1.54, 1.807) is 21.3 Å². The van der Waals surface area contributed by atoms with E-state index in [4.69, 9.17) is 14.2 Å². The van der Waals surface area contributed by atoms with Gasteiger partial charge >= 0.3 is 0 Å². The van der Waals surface area contributed by atoms with E-state index < -0.39 is 0 Å². The van der Waals surface area contributed by atoms with Crippen molar-refractivity contribution in [1.29, 1.82) is 0 Å². The molecule has 0 bridgehead atoms. The lowest BCUT2D eigenvalue weighted by molar-refractivity contribution is 0.348. The second kappa shape index (κ2) is 7.39. The lowest BCUT2D eigenvalue weighted by Gasteiger charge is -2.13. The normalized spacial score (nSPS) is 10.6. The molecule has 0 atom stereocenters. The van der Waals surface area contributed by atoms with E-state index in [0.29, 0.717) is 11.5 Å². The van der Waals surface area contributed by atoms with Crippen molar-refractivity contribution < 1.29 is 14.2 Å². The van der Waals surface area contributed by atoms with E-state index in [1.165, 1.54) is 5.56 Å². The van der Waals surface area contributed by atoms with Gasteiger partial charge in [0.15, 0.2) is 11.5 Å². The molecule has 21 heavy (non-hydrogen) atoms. The van der Waals surface area contributed by atoms with Crippen LogP contribution in [-0.4, -0.2) is 21.3 Å². The number of rotatable bonds is 6. The fraction of sp³-hybridized carbons (Fsp3) is 0.222. The zero-order valence-electron chi connectivity index (χ0n) is 12.6. The van der Waals surface area contributed by atoms with Crippen LogP contribution < -0.4 is 14.2 Å². The van der Waals surface area contributed by atoms with Crippen LogP contribution in [0, 0.1) is 0 Å². The van der Waals surface area contributed by atoms with Gasteiger partial charge in [-0.25, -0.2) is 0 Å². The molecular weight excluding hydrogens is 264 g/mol. The van der Waals surface area contributed by atoms with E-state index in [2.05, 4.69) is 24.3 Å². The van der Waals surface area contributed by atoms with Crippen molar-refractivity contribution in [2.24, 2.45) is 0 Å². The maximum Gasteiger partial charge on any atom is 0.164 e. The first-order chi connectivity index (χ1) is 10.3. The highest BCUT2D eigenvalue weighted by atomic mass is 16.5. The van der Waals surface area contributed by atoms with Gasteiger partial charge < -0.3 is 14.2 Å². The Hall–Kier alpha value is -2.42. The van der Waals surface area contributed by atoms with Crippen molar-refractivity contribution in [1.82, 2.24) is 0 Å². The summed E-state index contributed by atoms with van der Waals surface area (Å²) in [5, 5.41) is 0. The van der Waals surface area contributed by atoms with Crippen LogP contribution in [0.5, 0.6) is 17.2 Å². The molecular formula is C18H20O3. The highest BCUT2D eigenvalue weighted by molar-refractivity contribution is 5.53. The monoisotopic (exact) mass is 284 g/mol. The van der Waals surface area contributed by atoms with Crippen molar-refractivity contribution in [3.8, 4) is 17.2 Å². The summed E-state index contributed by atoms with van der Waals surface area (Å²) in [6.07, 6.45) is 4.97. The van der Waals surface area contributed by atoms with E-state index in [-0.39, 0.29) is 0 Å². The zero-order chi connectivity index (χ0) is 15.1. The molecule has 2 rings (SSSR count). The summed E-state index contributed by atoms with van der Waals surface area (Å²) in [4.78, 5) is 0. The van der Waals surface area contributed by atoms with Crippen LogP contribution in [0.2, 0.25) is 0 Å². The number of benzene rings is 2. The summed E-state index contributed by atoms with van der Waals surface area (Å²) in [7, 11) is 4.91. The molecule has 0 aliphatic heterocycles. The molecule has 0 heterocycles. The summed E-state index contributed by atoms with van der Waals surface area (Å²) in [6, 6.07) is 14.0. The molecule has 0 aliphatic carbocycles. The fourth-order valence-corrected chi connectivity index (χ4v) is 2.14. The summed E-state index contributed by atoms with van der Waals surface area (Å²) in [5.74, 6) is 2.18. The van der Waals surface area contributed by atoms with Crippen molar-refractivity contribution in [3.63, 3.8) is 0 Å². The molecule has 3 heteroatoms. The van der Waals surface area contributed by atoms with Crippen LogP contribution in [0.1, 0.15) is 11.1 Å². The van der Waals surface area contributed by atoms with Gasteiger partial charge in [-0.2, -0.15) is 0 Å². The first kappa shape index (κ1) is 15.0. The topological polar surface area (TPSA) is 27.7 Å². The quantitative estimate of drug-likeness (QED) is 0.803. The minimum atomic E-state index is 0.671. The Morgan fingerprint density at radius 3 is 2.05 bits per heavy atom. The van der Waals surface area contributed by atoms with Gasteiger partial charge in [-0.15, -0.1) is 0 Å². The second-order valence-electron chi connectivity index (χ2n) is 4.54. The Morgan fingerprint density at radius 1 is 0.810 bits per heavy atom. The lowest BCUT2D eigenvalue weighted by atomic mass is 10.1. The Labute approximate surface area is 125 Å². The Morgan fingerprint density at radius 2 is 1.43 bits per heavy atom. The van der Waals surface area contributed by atoms with Crippen molar-refractivity contribution in [2.45, 2.75) is 6.42 Å². The molecule has 2 aromatic carbocycles. The van der Waals surface area contributed by atoms with Crippen LogP contribution in [0.25, 0.3) is 6.08 Å². The molecule has 0 aromatic heterocycles. The Bertz CT molecular complexity index is 603. The molecule has 0 N–H and O–H groups in total. The molecule has 0 amide bonds. The van der Waals surface area contributed by atoms with E-state index >= 15 is 0 Å². The van der Waals surface area contributed by atoms with Crippen LogP contribution in [0.4, 0.5) is 0 Å². The molecule has 0 saturated carbocycles. The van der Waals surface area contributed by atoms with Crippen molar-refractivity contribution in [2.75, 3.05) is 21.3 Å². The minimum absolute atomic E-state index is 0.671. The van der Waals surface area contributed by atoms with Gasteiger partial charge in [0, 0.05) is 11.6 Å². The highest BCUT2D eigenvalue weighted by Gasteiger charge is 2.10. The van der Waals surface area contributed by atoms with Gasteiger partial charge in [-0.3, -0.25) is 0 Å². The molecule has 0 saturated heterocycles. The predicted octanol–water partition coefficient (Wildman–Crippen LogP) is 3.97. The predicted molar refractivity (Wildman–Crippen MR) is 85.3 cm³/mol. The summed E-state index contributed by atoms with van der Waals surface area (Å²) < 4.78 is 16.0. The second-order valence-corrected chi connectivity index (χ2v) is 4.54. The first-order valence-corrected chi connectivity index (χ1v) is 6.79. The van der Waals surface area contributed by atoms with Gasteiger partial charge in [-0.1, -0.05) is 42.5 Å². The fourth-order valence-electron chi connectivity index (χ4n) is 2.14. The Kier molecular flexibility index (Phi) is 5.27. The molecule has 0 radical (unpaired) electrons. The average molecular weight is 284 g/mol. The number of ether oxygens (including phenoxy) is 3. The van der Waals surface area contributed by atoms with Crippen molar-refractivity contribution in [3.05, 3.63) is 59.7 Å². The standard InChI is InChI=1S/C18H20O3/c1-19-16-13-18(21-3)17(20-2)12-15(16)11-7-10-14-8-5-4-6-9-14/h4-10,12-13H,11H2,1-3H3/b10-7+. The van der Waals surface area contributed by atoms with E-state index in [9.17, 15) is 0 Å². The maximum atomic E-state index is 5.42. The van der Waals surface area contributed by atoms with Gasteiger partial charge in [0.05, 0.1) is 21.3 Å². The number of methoxy groups -OCH3 is 3. The Balaban J connectivity index is 2.21. The SMILES string of the molecule is COc1cc(OC)c(OC)cc1C/C=C/c1ccccc1. The average Bonchev–Trinajstić information content (AvgIpc) is 2.55. The van der Waals surface area contributed by atoms with Gasteiger partial charge in [0.1, 0.15) is 5.75 Å².